The number of ether oxygens (including phenoxy) is 1. The highest BCUT2D eigenvalue weighted by molar-refractivity contribution is 6.08. The van der Waals surface area contributed by atoms with Crippen molar-refractivity contribution in [1.82, 2.24) is 4.98 Å². The second kappa shape index (κ2) is 6.12. The highest BCUT2D eigenvalue weighted by Gasteiger charge is 2.20. The first kappa shape index (κ1) is 13.9. The summed E-state index contributed by atoms with van der Waals surface area (Å²) in [5.74, 6) is 0.0306. The Morgan fingerprint density at radius 2 is 1.95 bits per heavy atom. The number of carbonyl (C=O) groups is 2. The highest BCUT2D eigenvalue weighted by Crippen LogP contribution is 2.27. The highest BCUT2D eigenvalue weighted by atomic mass is 16.5. The van der Waals surface area contributed by atoms with Gasteiger partial charge in [0, 0.05) is 29.1 Å². The van der Waals surface area contributed by atoms with Gasteiger partial charge in [-0.1, -0.05) is 31.0 Å². The number of aromatic nitrogens is 1. The molecule has 1 aliphatic carbocycles. The van der Waals surface area contributed by atoms with Crippen LogP contribution in [0.3, 0.4) is 0 Å². The van der Waals surface area contributed by atoms with Crippen LogP contribution in [0.4, 0.5) is 0 Å². The fourth-order valence-electron chi connectivity index (χ4n) is 3.04. The number of ketones is 1. The Bertz CT molecular complexity index is 653. The van der Waals surface area contributed by atoms with Gasteiger partial charge in [-0.2, -0.15) is 0 Å². The maximum atomic E-state index is 12.2. The summed E-state index contributed by atoms with van der Waals surface area (Å²) in [6.45, 7) is -0.173. The zero-order valence-electron chi connectivity index (χ0n) is 11.9. The fourth-order valence-corrected chi connectivity index (χ4v) is 3.04. The second-order valence-electron chi connectivity index (χ2n) is 5.69. The molecule has 0 aliphatic heterocycles. The summed E-state index contributed by atoms with van der Waals surface area (Å²) in [6.07, 6.45) is 6.73. The van der Waals surface area contributed by atoms with Crippen molar-refractivity contribution in [2.45, 2.75) is 32.1 Å². The van der Waals surface area contributed by atoms with Crippen LogP contribution >= 0.6 is 0 Å². The number of benzene rings is 1. The molecule has 1 aliphatic rings. The number of rotatable bonds is 5. The number of carbonyl (C=O) groups excluding carboxylic acids is 2. The van der Waals surface area contributed by atoms with E-state index in [2.05, 4.69) is 4.98 Å². The first-order chi connectivity index (χ1) is 10.2. The Balaban J connectivity index is 1.57. The molecule has 4 heteroatoms. The van der Waals surface area contributed by atoms with Crippen LogP contribution in [-0.4, -0.2) is 23.3 Å². The van der Waals surface area contributed by atoms with Gasteiger partial charge in [-0.25, -0.2) is 0 Å². The lowest BCUT2D eigenvalue weighted by molar-refractivity contribution is -0.143. The summed E-state index contributed by atoms with van der Waals surface area (Å²) in [7, 11) is 0. The maximum absolute atomic E-state index is 12.2. The molecular weight excluding hydrogens is 266 g/mol. The number of esters is 1. The van der Waals surface area contributed by atoms with Gasteiger partial charge in [0.15, 0.2) is 6.61 Å². The Morgan fingerprint density at radius 1 is 1.19 bits per heavy atom. The molecule has 1 N–H and O–H groups in total. The molecule has 1 saturated carbocycles. The third-order valence-electron chi connectivity index (χ3n) is 4.18. The van der Waals surface area contributed by atoms with Crippen LogP contribution in [0.25, 0.3) is 10.9 Å². The molecule has 1 heterocycles. The van der Waals surface area contributed by atoms with Gasteiger partial charge >= 0.3 is 5.97 Å². The monoisotopic (exact) mass is 285 g/mol. The van der Waals surface area contributed by atoms with Crippen molar-refractivity contribution < 1.29 is 14.3 Å². The number of aromatic amines is 1. The lowest BCUT2D eigenvalue weighted by Crippen LogP contribution is -2.15. The molecule has 1 fully saturated rings. The van der Waals surface area contributed by atoms with Gasteiger partial charge in [0.05, 0.1) is 0 Å². The molecule has 0 saturated heterocycles. The molecule has 0 radical (unpaired) electrons. The van der Waals surface area contributed by atoms with Crippen LogP contribution in [0, 0.1) is 5.92 Å². The van der Waals surface area contributed by atoms with Crippen LogP contribution in [-0.2, 0) is 9.53 Å². The van der Waals surface area contributed by atoms with Gasteiger partial charge in [0.2, 0.25) is 5.78 Å². The summed E-state index contributed by atoms with van der Waals surface area (Å²) in [6, 6.07) is 7.60. The first-order valence-electron chi connectivity index (χ1n) is 7.49. The maximum Gasteiger partial charge on any atom is 0.306 e. The van der Waals surface area contributed by atoms with E-state index in [0.29, 0.717) is 17.9 Å². The summed E-state index contributed by atoms with van der Waals surface area (Å²) in [4.78, 5) is 27.0. The predicted octanol–water partition coefficient (Wildman–Crippen LogP) is 3.47. The predicted molar refractivity (Wildman–Crippen MR) is 80.2 cm³/mol. The minimum absolute atomic E-state index is 0.160. The second-order valence-corrected chi connectivity index (χ2v) is 5.69. The van der Waals surface area contributed by atoms with Crippen LogP contribution < -0.4 is 0 Å². The Hall–Kier alpha value is -2.10. The number of H-pyrrole nitrogens is 1. The lowest BCUT2D eigenvalue weighted by atomic mass is 10.0. The molecule has 2 aromatic rings. The van der Waals surface area contributed by atoms with Gasteiger partial charge < -0.3 is 9.72 Å². The van der Waals surface area contributed by atoms with Crippen molar-refractivity contribution >= 4 is 22.7 Å². The molecule has 1 aromatic carbocycles. The van der Waals surface area contributed by atoms with Crippen molar-refractivity contribution in [2.75, 3.05) is 6.61 Å². The van der Waals surface area contributed by atoms with Crippen molar-refractivity contribution in [3.63, 3.8) is 0 Å². The molecule has 21 heavy (non-hydrogen) atoms. The van der Waals surface area contributed by atoms with Crippen molar-refractivity contribution in [2.24, 2.45) is 5.92 Å². The number of nitrogens with one attached hydrogen (secondary N) is 1. The molecule has 0 amide bonds. The largest absolute Gasteiger partial charge is 0.457 e. The van der Waals surface area contributed by atoms with Crippen molar-refractivity contribution in [3.05, 3.63) is 36.0 Å². The molecule has 0 bridgehead atoms. The van der Waals surface area contributed by atoms with E-state index >= 15 is 0 Å². The summed E-state index contributed by atoms with van der Waals surface area (Å²) in [5.41, 5.74) is 1.50. The number of hydrogen-bond acceptors (Lipinski definition) is 3. The average Bonchev–Trinajstić information content (AvgIpc) is 3.13. The van der Waals surface area contributed by atoms with Crippen LogP contribution in [0.5, 0.6) is 0 Å². The number of hydrogen-bond donors (Lipinski definition) is 1. The van der Waals surface area contributed by atoms with Crippen LogP contribution in [0.15, 0.2) is 30.5 Å². The van der Waals surface area contributed by atoms with Gasteiger partial charge in [-0.15, -0.1) is 0 Å². The molecule has 0 spiro atoms. The SMILES string of the molecule is O=C(CC1CCCC1)OCC(=O)c1c[nH]c2ccccc12. The smallest absolute Gasteiger partial charge is 0.306 e. The topological polar surface area (TPSA) is 59.2 Å². The molecule has 0 unspecified atom stereocenters. The Morgan fingerprint density at radius 3 is 2.76 bits per heavy atom. The van der Waals surface area contributed by atoms with E-state index in [-0.39, 0.29) is 18.4 Å². The van der Waals surface area contributed by atoms with Crippen LogP contribution in [0.1, 0.15) is 42.5 Å². The molecular formula is C17H19NO3. The van der Waals surface area contributed by atoms with Crippen molar-refractivity contribution in [1.29, 1.82) is 0 Å². The molecule has 0 atom stereocenters. The third kappa shape index (κ3) is 3.15. The summed E-state index contributed by atoms with van der Waals surface area (Å²) in [5, 5.41) is 0.870. The van der Waals surface area contributed by atoms with E-state index in [1.165, 1.54) is 12.8 Å². The first-order valence-corrected chi connectivity index (χ1v) is 7.49. The zero-order chi connectivity index (χ0) is 14.7. The van der Waals surface area contributed by atoms with Gasteiger partial charge in [0.1, 0.15) is 0 Å². The van der Waals surface area contributed by atoms with E-state index < -0.39 is 0 Å². The average molecular weight is 285 g/mol. The van der Waals surface area contributed by atoms with Gasteiger partial charge in [0.25, 0.3) is 0 Å². The standard InChI is InChI=1S/C17H19NO3/c19-16(11-21-17(20)9-12-5-1-2-6-12)14-10-18-15-8-4-3-7-13(14)15/h3-4,7-8,10,12,18H,1-2,5-6,9,11H2. The molecule has 3 rings (SSSR count). The molecule has 4 nitrogen and oxygen atoms in total. The number of fused-ring (bicyclic) bond motifs is 1. The van der Waals surface area contributed by atoms with Crippen molar-refractivity contribution in [3.8, 4) is 0 Å². The summed E-state index contributed by atoms with van der Waals surface area (Å²) < 4.78 is 5.14. The third-order valence-corrected chi connectivity index (χ3v) is 4.18. The molecule has 110 valence electrons. The number of Topliss-reactive ketones (excluding diaryl/α,β-unsaturated/α-hetero) is 1. The van der Waals surface area contributed by atoms with E-state index in [9.17, 15) is 9.59 Å². The fraction of sp³-hybridized carbons (Fsp3) is 0.412. The molecule has 1 aromatic heterocycles. The van der Waals surface area contributed by atoms with E-state index in [1.807, 2.05) is 24.3 Å². The Kier molecular flexibility index (Phi) is 4.04. The minimum atomic E-state index is -0.255. The van der Waals surface area contributed by atoms with Gasteiger partial charge in [-0.3, -0.25) is 9.59 Å². The summed E-state index contributed by atoms with van der Waals surface area (Å²) >= 11 is 0. The van der Waals surface area contributed by atoms with E-state index in [1.54, 1.807) is 6.20 Å². The van der Waals surface area contributed by atoms with Crippen LogP contribution in [0.2, 0.25) is 0 Å². The minimum Gasteiger partial charge on any atom is -0.457 e. The van der Waals surface area contributed by atoms with E-state index in [0.717, 1.165) is 23.7 Å². The normalized spacial score (nSPS) is 15.4. The lowest BCUT2D eigenvalue weighted by Gasteiger charge is -2.08. The van der Waals surface area contributed by atoms with Gasteiger partial charge in [-0.05, 0) is 24.8 Å². The Labute approximate surface area is 123 Å². The number of para-hydroxylation sites is 1. The zero-order valence-corrected chi connectivity index (χ0v) is 11.9. The van der Waals surface area contributed by atoms with E-state index in [4.69, 9.17) is 4.74 Å². The quantitative estimate of drug-likeness (QED) is 0.676.